The SMILES string of the molecule is CCCC1NC(c2ccc(F)cc2)N(CCN(C)C)C1=O. The number of hydrogen-bond donors (Lipinski definition) is 1. The maximum absolute atomic E-state index is 13.1. The van der Waals surface area contributed by atoms with Crippen molar-refractivity contribution in [2.75, 3.05) is 27.2 Å². The molecule has 1 aliphatic rings. The van der Waals surface area contributed by atoms with Crippen LogP contribution >= 0.6 is 0 Å². The Morgan fingerprint density at radius 1 is 1.29 bits per heavy atom. The van der Waals surface area contributed by atoms with Gasteiger partial charge in [-0.25, -0.2) is 4.39 Å². The van der Waals surface area contributed by atoms with Gasteiger partial charge in [0.25, 0.3) is 0 Å². The quantitative estimate of drug-likeness (QED) is 0.871. The molecule has 5 heteroatoms. The number of carbonyl (C=O) groups excluding carboxylic acids is 1. The Morgan fingerprint density at radius 2 is 1.95 bits per heavy atom. The predicted octanol–water partition coefficient (Wildman–Crippen LogP) is 1.99. The third kappa shape index (κ3) is 3.80. The van der Waals surface area contributed by atoms with Gasteiger partial charge in [-0.05, 0) is 38.2 Å². The maximum atomic E-state index is 13.1. The van der Waals surface area contributed by atoms with Gasteiger partial charge in [-0.3, -0.25) is 10.1 Å². The molecule has 1 saturated heterocycles. The zero-order valence-electron chi connectivity index (χ0n) is 13.0. The summed E-state index contributed by atoms with van der Waals surface area (Å²) in [7, 11) is 3.98. The average molecular weight is 293 g/mol. The molecule has 1 aromatic carbocycles. The van der Waals surface area contributed by atoms with Crippen LogP contribution < -0.4 is 5.32 Å². The van der Waals surface area contributed by atoms with Crippen molar-refractivity contribution in [1.82, 2.24) is 15.1 Å². The van der Waals surface area contributed by atoms with Crippen LogP contribution in [-0.2, 0) is 4.79 Å². The van der Waals surface area contributed by atoms with Crippen LogP contribution in [0.25, 0.3) is 0 Å². The monoisotopic (exact) mass is 293 g/mol. The second-order valence-electron chi connectivity index (χ2n) is 5.80. The Balaban J connectivity index is 2.18. The number of nitrogens with zero attached hydrogens (tertiary/aromatic N) is 2. The van der Waals surface area contributed by atoms with Crippen molar-refractivity contribution in [2.24, 2.45) is 0 Å². The molecule has 116 valence electrons. The second kappa shape index (κ2) is 7.00. The number of amides is 1. The summed E-state index contributed by atoms with van der Waals surface area (Å²) in [5.41, 5.74) is 0.933. The minimum atomic E-state index is -0.256. The van der Waals surface area contributed by atoms with Gasteiger partial charge in [-0.15, -0.1) is 0 Å². The molecule has 0 radical (unpaired) electrons. The molecule has 0 aliphatic carbocycles. The zero-order valence-corrected chi connectivity index (χ0v) is 13.0. The van der Waals surface area contributed by atoms with Crippen molar-refractivity contribution >= 4 is 5.91 Å². The fourth-order valence-corrected chi connectivity index (χ4v) is 2.64. The second-order valence-corrected chi connectivity index (χ2v) is 5.80. The average Bonchev–Trinajstić information content (AvgIpc) is 2.75. The van der Waals surface area contributed by atoms with Gasteiger partial charge in [0.15, 0.2) is 0 Å². The standard InChI is InChI=1S/C16H24FN3O/c1-4-5-14-16(21)20(11-10-19(2)3)15(18-14)12-6-8-13(17)9-7-12/h6-9,14-15,18H,4-5,10-11H2,1-3H3. The predicted molar refractivity (Wildman–Crippen MR) is 81.2 cm³/mol. The molecule has 4 nitrogen and oxygen atoms in total. The van der Waals surface area contributed by atoms with Crippen molar-refractivity contribution in [3.05, 3.63) is 35.6 Å². The molecule has 2 rings (SSSR count). The largest absolute Gasteiger partial charge is 0.320 e. The highest BCUT2D eigenvalue weighted by molar-refractivity contribution is 5.84. The smallest absolute Gasteiger partial charge is 0.241 e. The van der Waals surface area contributed by atoms with Gasteiger partial charge >= 0.3 is 0 Å². The summed E-state index contributed by atoms with van der Waals surface area (Å²) in [6, 6.07) is 6.25. The van der Waals surface area contributed by atoms with E-state index >= 15 is 0 Å². The molecule has 0 saturated carbocycles. The number of carbonyl (C=O) groups is 1. The van der Waals surface area contributed by atoms with Gasteiger partial charge < -0.3 is 9.80 Å². The molecule has 1 aromatic rings. The van der Waals surface area contributed by atoms with E-state index in [1.165, 1.54) is 12.1 Å². The van der Waals surface area contributed by atoms with Crippen LogP contribution in [0.4, 0.5) is 4.39 Å². The van der Waals surface area contributed by atoms with Gasteiger partial charge in [0.05, 0.1) is 6.04 Å². The van der Waals surface area contributed by atoms with Crippen molar-refractivity contribution < 1.29 is 9.18 Å². The number of hydrogen-bond acceptors (Lipinski definition) is 3. The van der Waals surface area contributed by atoms with Gasteiger partial charge in [-0.1, -0.05) is 25.5 Å². The lowest BCUT2D eigenvalue weighted by molar-refractivity contribution is -0.130. The summed E-state index contributed by atoms with van der Waals surface area (Å²) >= 11 is 0. The highest BCUT2D eigenvalue weighted by atomic mass is 19.1. The molecular formula is C16H24FN3O. The Morgan fingerprint density at radius 3 is 2.52 bits per heavy atom. The minimum Gasteiger partial charge on any atom is -0.320 e. The van der Waals surface area contributed by atoms with Crippen molar-refractivity contribution in [3.63, 3.8) is 0 Å². The number of likely N-dealkylation sites (N-methyl/N-ethyl adjacent to an activating group) is 1. The summed E-state index contributed by atoms with van der Waals surface area (Å²) < 4.78 is 13.1. The van der Waals surface area contributed by atoms with Crippen molar-refractivity contribution in [2.45, 2.75) is 32.0 Å². The number of halogens is 1. The van der Waals surface area contributed by atoms with Crippen LogP contribution in [0.15, 0.2) is 24.3 Å². The van der Waals surface area contributed by atoms with E-state index in [4.69, 9.17) is 0 Å². The van der Waals surface area contributed by atoms with Gasteiger partial charge in [0.2, 0.25) is 5.91 Å². The van der Waals surface area contributed by atoms with Gasteiger partial charge in [0.1, 0.15) is 12.0 Å². The molecule has 0 aromatic heterocycles. The third-order valence-electron chi connectivity index (χ3n) is 3.80. The summed E-state index contributed by atoms with van der Waals surface area (Å²) in [6.07, 6.45) is 1.63. The summed E-state index contributed by atoms with van der Waals surface area (Å²) in [4.78, 5) is 16.5. The zero-order chi connectivity index (χ0) is 15.4. The first-order chi connectivity index (χ1) is 10.0. The van der Waals surface area contributed by atoms with Crippen LogP contribution in [0, 0.1) is 5.82 Å². The topological polar surface area (TPSA) is 35.6 Å². The molecule has 1 fully saturated rings. The van der Waals surface area contributed by atoms with E-state index in [0.29, 0.717) is 6.54 Å². The Kier molecular flexibility index (Phi) is 5.31. The molecular weight excluding hydrogens is 269 g/mol. The van der Waals surface area contributed by atoms with Crippen LogP contribution in [0.5, 0.6) is 0 Å². The molecule has 0 spiro atoms. The highest BCUT2D eigenvalue weighted by Crippen LogP contribution is 2.26. The van der Waals surface area contributed by atoms with Crippen LogP contribution in [0.2, 0.25) is 0 Å². The van der Waals surface area contributed by atoms with E-state index in [2.05, 4.69) is 17.1 Å². The molecule has 2 unspecified atom stereocenters. The number of benzene rings is 1. The van der Waals surface area contributed by atoms with Crippen molar-refractivity contribution in [1.29, 1.82) is 0 Å². The van der Waals surface area contributed by atoms with Gasteiger partial charge in [0, 0.05) is 13.1 Å². The maximum Gasteiger partial charge on any atom is 0.241 e. The Hall–Kier alpha value is -1.46. The van der Waals surface area contributed by atoms with E-state index in [0.717, 1.165) is 24.9 Å². The highest BCUT2D eigenvalue weighted by Gasteiger charge is 2.38. The molecule has 1 aliphatic heterocycles. The molecule has 2 atom stereocenters. The van der Waals surface area contributed by atoms with E-state index in [1.54, 1.807) is 12.1 Å². The van der Waals surface area contributed by atoms with Crippen molar-refractivity contribution in [3.8, 4) is 0 Å². The first-order valence-corrected chi connectivity index (χ1v) is 7.49. The molecule has 1 amide bonds. The van der Waals surface area contributed by atoms with E-state index in [1.807, 2.05) is 19.0 Å². The lowest BCUT2D eigenvalue weighted by Gasteiger charge is -2.26. The fourth-order valence-electron chi connectivity index (χ4n) is 2.64. The first-order valence-electron chi connectivity index (χ1n) is 7.49. The Labute approximate surface area is 125 Å². The summed E-state index contributed by atoms with van der Waals surface area (Å²) in [6.45, 7) is 3.55. The third-order valence-corrected chi connectivity index (χ3v) is 3.80. The minimum absolute atomic E-state index is 0.132. The van der Waals surface area contributed by atoms with E-state index in [-0.39, 0.29) is 23.9 Å². The van der Waals surface area contributed by atoms with Crippen LogP contribution in [0.3, 0.4) is 0 Å². The first kappa shape index (κ1) is 15.9. The molecule has 21 heavy (non-hydrogen) atoms. The van der Waals surface area contributed by atoms with Gasteiger partial charge in [-0.2, -0.15) is 0 Å². The van der Waals surface area contributed by atoms with E-state index in [9.17, 15) is 9.18 Å². The summed E-state index contributed by atoms with van der Waals surface area (Å²) in [5.74, 6) is -0.110. The number of nitrogens with one attached hydrogen (secondary N) is 1. The Bertz CT molecular complexity index is 475. The van der Waals surface area contributed by atoms with E-state index < -0.39 is 0 Å². The normalized spacial score (nSPS) is 22.3. The molecule has 1 heterocycles. The fraction of sp³-hybridized carbons (Fsp3) is 0.562. The summed E-state index contributed by atoms with van der Waals surface area (Å²) in [5, 5.41) is 3.39. The number of rotatable bonds is 6. The van der Waals surface area contributed by atoms with Crippen LogP contribution in [0.1, 0.15) is 31.5 Å². The lowest BCUT2D eigenvalue weighted by atomic mass is 10.1. The molecule has 0 bridgehead atoms. The lowest BCUT2D eigenvalue weighted by Crippen LogP contribution is -2.36. The molecule has 1 N–H and O–H groups in total. The van der Waals surface area contributed by atoms with Crippen LogP contribution in [-0.4, -0.2) is 48.9 Å².